The molecular formula is C96H105F3N20O10. The molecule has 670 valence electrons. The third-order valence-corrected chi connectivity index (χ3v) is 23.6. The fourth-order valence-corrected chi connectivity index (χ4v) is 15.6. The van der Waals surface area contributed by atoms with Gasteiger partial charge in [-0.2, -0.15) is 15.3 Å². The number of urea groups is 1. The summed E-state index contributed by atoms with van der Waals surface area (Å²) in [5.41, 5.74) is 7.17. The highest BCUT2D eigenvalue weighted by atomic mass is 19.1. The van der Waals surface area contributed by atoms with Crippen LogP contribution in [0.2, 0.25) is 0 Å². The summed E-state index contributed by atoms with van der Waals surface area (Å²) in [4.78, 5) is 130. The van der Waals surface area contributed by atoms with E-state index in [4.69, 9.17) is 19.7 Å². The number of halogens is 3. The molecule has 0 bridgehead atoms. The van der Waals surface area contributed by atoms with Gasteiger partial charge in [0.25, 0.3) is 29.8 Å². The number of hydrogen-bond acceptors (Lipinski definition) is 16. The predicted molar refractivity (Wildman–Crippen MR) is 477 cm³/mol. The standard InChI is InChI=1S/C31H33FN6O2.C28H29FN6O2.C27H29FN4O3.C6H8N2O3.C4H6N2/c1-3-16-36(29-19-27(29)22-7-11-24(32)12-8-22)17-4-6-28(31(40)37-20-25(21-37)33-2)35-30(39)23-9-13-26(14-10-23)38-18-5-15-34-38;1-30-22-17-34(18-22)28(37)25(4-2-13-31-26-16-24(26)19-5-9-21(29)10-6-19)33-27(36)20-7-11-23(12-8-20)35-15-3-14-32-35;1-2-15-31(25-18-23(25)19-6-10-21(28)11-7-19)16-3-5-24(27(34)35)30-26(33)20-8-12-22(13-9-20)32-17-4-14-29-32;1-7-4(9)3-5(10)8(2)6(7)11;1-5-4-2-6-3-4/h3,5,7-15,18,25,27-29H,1,4,6,16-17,19-21H2,(H,35,39);3,5-12,14-15,22,24-26,31H,2,4,13,16-18H2,(H,33,36);2,4,6-14,17,23-25H,1,3,5,15-16,18H2,(H,30,33)(H,34,35);3H2,1-2H3;4,6H,2-3H2/t27-,28-,29+;24-,25-,26+;23-,24-,25+;;/m000../s1. The van der Waals surface area contributed by atoms with E-state index in [0.29, 0.717) is 143 Å². The summed E-state index contributed by atoms with van der Waals surface area (Å²) >= 11 is 0. The van der Waals surface area contributed by atoms with Crippen molar-refractivity contribution in [1.82, 2.24) is 85.3 Å². The molecule has 9 atom stereocenters. The SMILES string of the molecule is C=CCN(CCC[C@H](NC(=O)c1ccc(-n2cccn2)cc1)C(=O)O)[C@@H]1C[C@H]1c1ccc(F)cc1.CN1C(=O)CC(=O)N(C)C1=O.[C-]#[N+]C1CN(C(=O)[C@H](CCCN(CC=C)[C@@H]2C[C@H]2c2ccc(F)cc2)NC(=O)c2ccc(-n3cccn3)cc2)C1.[C-]#[N+]C1CN(C(=O)[C@H](CCCN[C@@H]2C[C@H]2c2ccc(F)cc2)NC(=O)c2ccc(-n3cccn3)cc2)C1.[C-]#[N+]C1CNC1. The van der Waals surface area contributed by atoms with Crippen LogP contribution in [-0.4, -0.2) is 258 Å². The molecule has 9 aromatic rings. The number of benzene rings is 6. The topological polar surface area (TPSA) is 320 Å². The molecule has 7 aliphatic rings. The average Bonchev–Trinajstić information content (AvgIpc) is 1.66. The van der Waals surface area contributed by atoms with Gasteiger partial charge in [-0.3, -0.25) is 53.2 Å². The lowest BCUT2D eigenvalue weighted by Crippen LogP contribution is -2.58. The summed E-state index contributed by atoms with van der Waals surface area (Å²) in [7, 11) is 2.71. The molecule has 6 N–H and O–H groups in total. The molecular weight excluding hydrogens is 1650 g/mol. The third-order valence-electron chi connectivity index (χ3n) is 23.6. The number of amides is 9. The Kier molecular flexibility index (Phi) is 33.1. The normalized spacial score (nSPS) is 19.0. The molecule has 16 rings (SSSR count). The highest BCUT2D eigenvalue weighted by Gasteiger charge is 2.45. The van der Waals surface area contributed by atoms with E-state index in [1.165, 1.54) is 50.5 Å². The Morgan fingerprint density at radius 2 is 0.845 bits per heavy atom. The number of rotatable bonds is 34. The van der Waals surface area contributed by atoms with Crippen molar-refractivity contribution in [2.24, 2.45) is 0 Å². The first kappa shape index (κ1) is 94.1. The molecule has 3 saturated carbocycles. The van der Waals surface area contributed by atoms with Gasteiger partial charge >= 0.3 is 12.0 Å². The lowest BCUT2D eigenvalue weighted by molar-refractivity contribution is -0.141. The molecule has 30 nitrogen and oxygen atoms in total. The number of nitrogens with zero attached hydrogens (tertiary/aromatic N) is 15. The molecule has 6 aromatic carbocycles. The van der Waals surface area contributed by atoms with Crippen LogP contribution >= 0.6 is 0 Å². The van der Waals surface area contributed by atoms with E-state index in [1.807, 2.05) is 97.3 Å². The van der Waals surface area contributed by atoms with Crippen molar-refractivity contribution in [3.05, 3.63) is 311 Å². The number of carboxylic acid groups (broad SMARTS) is 1. The number of likely N-dealkylation sites (tertiary alicyclic amines) is 2. The van der Waals surface area contributed by atoms with Gasteiger partial charge in [0.15, 0.2) is 0 Å². The molecule has 0 radical (unpaired) electrons. The zero-order valence-electron chi connectivity index (χ0n) is 71.9. The fraction of sp³-hybridized carbons (Fsp3) is 0.365. The molecule has 9 amide bonds. The van der Waals surface area contributed by atoms with Crippen LogP contribution in [0, 0.1) is 37.2 Å². The van der Waals surface area contributed by atoms with Gasteiger partial charge in [0.1, 0.15) is 42.0 Å². The molecule has 33 heteroatoms. The Balaban J connectivity index is 0.000000160. The van der Waals surface area contributed by atoms with Crippen LogP contribution in [0.25, 0.3) is 31.6 Å². The molecule has 129 heavy (non-hydrogen) atoms. The number of barbiturate groups is 1. The second kappa shape index (κ2) is 45.4. The summed E-state index contributed by atoms with van der Waals surface area (Å²) in [5, 5.41) is 37.2. The number of carbonyl (C=O) groups is 9. The van der Waals surface area contributed by atoms with Crippen molar-refractivity contribution in [2.45, 2.75) is 136 Å². The Morgan fingerprint density at radius 1 is 0.496 bits per heavy atom. The van der Waals surface area contributed by atoms with Gasteiger partial charge in [-0.05, 0) is 222 Å². The van der Waals surface area contributed by atoms with Gasteiger partial charge in [-0.1, -0.05) is 48.6 Å². The quantitative estimate of drug-likeness (QED) is 0.00945. The van der Waals surface area contributed by atoms with Crippen molar-refractivity contribution in [1.29, 1.82) is 0 Å². The smallest absolute Gasteiger partial charge is 0.332 e. The molecule has 0 spiro atoms. The summed E-state index contributed by atoms with van der Waals surface area (Å²) in [5.74, 6) is -2.91. The Labute approximate surface area is 747 Å². The summed E-state index contributed by atoms with van der Waals surface area (Å²) < 4.78 is 44.8. The molecule has 3 aromatic heterocycles. The second-order valence-corrected chi connectivity index (χ2v) is 32.6. The largest absolute Gasteiger partial charge is 0.480 e. The molecule has 3 aliphatic carbocycles. The number of imide groups is 2. The number of aliphatic carboxylic acids is 1. The number of hydrogen-bond donors (Lipinski definition) is 6. The maximum atomic E-state index is 13.4. The van der Waals surface area contributed by atoms with Crippen LogP contribution < -0.4 is 26.6 Å². The minimum Gasteiger partial charge on any atom is -0.480 e. The van der Waals surface area contributed by atoms with E-state index in [9.17, 15) is 61.4 Å². The van der Waals surface area contributed by atoms with Gasteiger partial charge in [-0.25, -0.2) is 56.5 Å². The number of carboxylic acids is 1. The first-order valence-electron chi connectivity index (χ1n) is 43.0. The van der Waals surface area contributed by atoms with Crippen LogP contribution in [0.3, 0.4) is 0 Å². The molecule has 7 fully saturated rings. The zero-order valence-corrected chi connectivity index (χ0v) is 71.9. The van der Waals surface area contributed by atoms with E-state index < -0.39 is 47.8 Å². The van der Waals surface area contributed by atoms with Crippen LogP contribution in [-0.2, 0) is 24.0 Å². The fourth-order valence-electron chi connectivity index (χ4n) is 15.6. The Hall–Kier alpha value is -14.0. The minimum atomic E-state index is -1.06. The first-order valence-corrected chi connectivity index (χ1v) is 43.0. The van der Waals surface area contributed by atoms with Gasteiger partial charge in [-0.15, -0.1) is 13.2 Å². The average molecular weight is 1760 g/mol. The van der Waals surface area contributed by atoms with Gasteiger partial charge < -0.3 is 56.0 Å². The minimum absolute atomic E-state index is 0.142. The van der Waals surface area contributed by atoms with Crippen LogP contribution in [0.15, 0.2) is 226 Å². The van der Waals surface area contributed by atoms with Crippen molar-refractivity contribution in [2.75, 3.05) is 86.1 Å². The number of aromatic nitrogens is 6. The summed E-state index contributed by atoms with van der Waals surface area (Å²) in [6.45, 7) is 35.5. The predicted octanol–water partition coefficient (Wildman–Crippen LogP) is 10.6. The maximum Gasteiger partial charge on any atom is 0.332 e. The maximum absolute atomic E-state index is 13.4. The van der Waals surface area contributed by atoms with Crippen molar-refractivity contribution >= 4 is 53.4 Å². The van der Waals surface area contributed by atoms with Crippen LogP contribution in [0.5, 0.6) is 0 Å². The number of carbonyl (C=O) groups excluding carboxylic acids is 8. The third kappa shape index (κ3) is 26.1. The van der Waals surface area contributed by atoms with Gasteiger partial charge in [0, 0.05) is 117 Å². The number of nitrogens with one attached hydrogen (secondary N) is 5. The summed E-state index contributed by atoms with van der Waals surface area (Å²) in [6.07, 6.45) is 20.3. The highest BCUT2D eigenvalue weighted by Crippen LogP contribution is 2.46. The molecule has 4 saturated heterocycles. The lowest BCUT2D eigenvalue weighted by Gasteiger charge is -2.35. The van der Waals surface area contributed by atoms with E-state index in [2.05, 4.69) is 79.4 Å². The zero-order chi connectivity index (χ0) is 91.6. The Bertz CT molecular complexity index is 5420. The van der Waals surface area contributed by atoms with Gasteiger partial charge in [0.05, 0.1) is 56.3 Å². The Morgan fingerprint density at radius 3 is 1.16 bits per heavy atom. The van der Waals surface area contributed by atoms with Crippen LogP contribution in [0.1, 0.15) is 130 Å². The molecule has 0 unspecified atom stereocenters. The lowest BCUT2D eigenvalue weighted by atomic mass is 10.0. The van der Waals surface area contributed by atoms with Crippen LogP contribution in [0.4, 0.5) is 18.0 Å². The van der Waals surface area contributed by atoms with E-state index in [1.54, 1.807) is 103 Å². The van der Waals surface area contributed by atoms with E-state index >= 15 is 0 Å². The van der Waals surface area contributed by atoms with E-state index in [-0.39, 0.29) is 59.6 Å². The first-order chi connectivity index (χ1) is 62.4. The highest BCUT2D eigenvalue weighted by molar-refractivity contribution is 6.13. The van der Waals surface area contributed by atoms with E-state index in [0.717, 1.165) is 89.0 Å². The molecule has 7 heterocycles. The monoisotopic (exact) mass is 1750 g/mol. The second-order valence-electron chi connectivity index (χ2n) is 32.6. The summed E-state index contributed by atoms with van der Waals surface area (Å²) in [6, 6.07) is 44.5. The van der Waals surface area contributed by atoms with Gasteiger partial charge in [0.2, 0.25) is 29.7 Å². The van der Waals surface area contributed by atoms with Crippen molar-refractivity contribution in [3.8, 4) is 17.1 Å². The molecule has 4 aliphatic heterocycles. The van der Waals surface area contributed by atoms with Crippen molar-refractivity contribution < 1.29 is 61.4 Å². The van der Waals surface area contributed by atoms with Crippen molar-refractivity contribution in [3.63, 3.8) is 0 Å².